The fourth-order valence-corrected chi connectivity index (χ4v) is 3.89. The molecule has 0 atom stereocenters. The number of carbonyl (C=O) groups is 2. The van der Waals surface area contributed by atoms with Gasteiger partial charge in [0.15, 0.2) is 0 Å². The molecule has 0 aliphatic carbocycles. The Hall–Kier alpha value is -3.54. The van der Waals surface area contributed by atoms with E-state index < -0.39 is 45.1 Å². The molecule has 0 fully saturated rings. The minimum Gasteiger partial charge on any atom is -0.497 e. The Labute approximate surface area is 173 Å². The number of fused-ring (bicyclic) bond motifs is 1. The van der Waals surface area contributed by atoms with Gasteiger partial charge in [-0.25, -0.2) is 13.1 Å². The molecule has 0 saturated carbocycles. The van der Waals surface area contributed by atoms with Gasteiger partial charge in [-0.3, -0.25) is 9.59 Å². The number of benzene rings is 2. The lowest BCUT2D eigenvalue weighted by atomic mass is 10.2. The zero-order valence-electron chi connectivity index (χ0n) is 15.8. The van der Waals surface area contributed by atoms with Gasteiger partial charge in [-0.2, -0.15) is 13.2 Å². The SMILES string of the molecule is COc1ccc2c(c1)cc(C(=O)NS(=O)(=O)c1ccc(C(F)(F)F)cc1)n2CC(=O)O. The van der Waals surface area contributed by atoms with Crippen molar-refractivity contribution in [3.8, 4) is 5.75 Å². The first-order valence-electron chi connectivity index (χ1n) is 8.56. The van der Waals surface area contributed by atoms with Crippen LogP contribution in [0.1, 0.15) is 16.1 Å². The van der Waals surface area contributed by atoms with E-state index in [9.17, 15) is 31.2 Å². The van der Waals surface area contributed by atoms with E-state index in [1.807, 2.05) is 0 Å². The summed E-state index contributed by atoms with van der Waals surface area (Å²) in [6, 6.07) is 8.47. The molecule has 164 valence electrons. The maximum absolute atomic E-state index is 12.7. The molecule has 0 saturated heterocycles. The molecule has 0 aliphatic heterocycles. The van der Waals surface area contributed by atoms with E-state index in [4.69, 9.17) is 9.84 Å². The van der Waals surface area contributed by atoms with Crippen molar-refractivity contribution in [2.45, 2.75) is 17.6 Å². The molecule has 2 N–H and O–H groups in total. The maximum atomic E-state index is 12.7. The Bertz CT molecular complexity index is 1260. The molecule has 0 unspecified atom stereocenters. The lowest BCUT2D eigenvalue weighted by Gasteiger charge is -2.11. The number of hydrogen-bond acceptors (Lipinski definition) is 5. The second-order valence-corrected chi connectivity index (χ2v) is 8.07. The molecule has 8 nitrogen and oxygen atoms in total. The average Bonchev–Trinajstić information content (AvgIpc) is 3.04. The highest BCUT2D eigenvalue weighted by Gasteiger charge is 2.31. The minimum atomic E-state index is -4.65. The van der Waals surface area contributed by atoms with Crippen LogP contribution in [0.3, 0.4) is 0 Å². The van der Waals surface area contributed by atoms with E-state index in [2.05, 4.69) is 0 Å². The van der Waals surface area contributed by atoms with Gasteiger partial charge in [0, 0.05) is 10.9 Å². The van der Waals surface area contributed by atoms with Gasteiger partial charge in [0.05, 0.1) is 17.6 Å². The summed E-state index contributed by atoms with van der Waals surface area (Å²) in [5.74, 6) is -1.98. The minimum absolute atomic E-state index is 0.263. The van der Waals surface area contributed by atoms with Gasteiger partial charge in [-0.15, -0.1) is 0 Å². The van der Waals surface area contributed by atoms with E-state index >= 15 is 0 Å². The Morgan fingerprint density at radius 1 is 1.10 bits per heavy atom. The highest BCUT2D eigenvalue weighted by Crippen LogP contribution is 2.30. The summed E-state index contributed by atoms with van der Waals surface area (Å²) in [4.78, 5) is 23.4. The van der Waals surface area contributed by atoms with Crippen LogP contribution in [-0.4, -0.2) is 37.1 Å². The standard InChI is InChI=1S/C19H15F3N2O6S/c1-30-13-4-7-15-11(8-13)9-16(24(15)10-17(25)26)18(27)23-31(28,29)14-5-2-12(3-6-14)19(20,21)22/h2-9H,10H2,1H3,(H,23,27)(H,25,26). The smallest absolute Gasteiger partial charge is 0.416 e. The molecule has 0 spiro atoms. The number of carbonyl (C=O) groups excluding carboxylic acids is 1. The molecular formula is C19H15F3N2O6S. The van der Waals surface area contributed by atoms with Gasteiger partial charge in [-0.1, -0.05) is 0 Å². The summed E-state index contributed by atoms with van der Waals surface area (Å²) in [6.07, 6.45) is -4.65. The number of ether oxygens (including phenoxy) is 1. The van der Waals surface area contributed by atoms with E-state index in [1.165, 1.54) is 25.3 Å². The highest BCUT2D eigenvalue weighted by molar-refractivity contribution is 7.90. The van der Waals surface area contributed by atoms with Crippen molar-refractivity contribution in [2.24, 2.45) is 0 Å². The summed E-state index contributed by atoms with van der Waals surface area (Å²) in [7, 11) is -3.10. The normalized spacial score (nSPS) is 12.0. The second kappa shape index (κ2) is 7.95. The predicted octanol–water partition coefficient (Wildman–Crippen LogP) is 2.87. The number of rotatable bonds is 6. The van der Waals surface area contributed by atoms with Crippen LogP contribution in [0.15, 0.2) is 53.4 Å². The van der Waals surface area contributed by atoms with Crippen LogP contribution in [-0.2, 0) is 27.5 Å². The first kappa shape index (κ1) is 22.2. The number of carboxylic acids is 1. The van der Waals surface area contributed by atoms with Crippen molar-refractivity contribution >= 4 is 32.8 Å². The summed E-state index contributed by atoms with van der Waals surface area (Å²) >= 11 is 0. The predicted molar refractivity (Wildman–Crippen MR) is 102 cm³/mol. The molecule has 0 radical (unpaired) electrons. The third kappa shape index (κ3) is 4.63. The zero-order valence-corrected chi connectivity index (χ0v) is 16.6. The number of halogens is 3. The van der Waals surface area contributed by atoms with Crippen LogP contribution in [0.4, 0.5) is 13.2 Å². The van der Waals surface area contributed by atoms with Gasteiger partial charge in [0.25, 0.3) is 15.9 Å². The molecule has 2 aromatic carbocycles. The number of amides is 1. The van der Waals surface area contributed by atoms with Crippen LogP contribution in [0.5, 0.6) is 5.75 Å². The Kier molecular flexibility index (Phi) is 5.68. The maximum Gasteiger partial charge on any atom is 0.416 e. The van der Waals surface area contributed by atoms with Gasteiger partial charge in [0.1, 0.15) is 18.0 Å². The van der Waals surface area contributed by atoms with Crippen molar-refractivity contribution in [3.05, 3.63) is 59.8 Å². The van der Waals surface area contributed by atoms with Crippen LogP contribution in [0, 0.1) is 0 Å². The fourth-order valence-electron chi connectivity index (χ4n) is 2.93. The summed E-state index contributed by atoms with van der Waals surface area (Å²) < 4.78 is 70.9. The highest BCUT2D eigenvalue weighted by atomic mass is 32.2. The van der Waals surface area contributed by atoms with E-state index in [-0.39, 0.29) is 5.69 Å². The monoisotopic (exact) mass is 456 g/mol. The number of hydrogen-bond donors (Lipinski definition) is 2. The number of carboxylic acid groups (broad SMARTS) is 1. The Morgan fingerprint density at radius 2 is 1.74 bits per heavy atom. The van der Waals surface area contributed by atoms with E-state index in [0.717, 1.165) is 16.7 Å². The largest absolute Gasteiger partial charge is 0.497 e. The van der Waals surface area contributed by atoms with Crippen LogP contribution in [0.25, 0.3) is 10.9 Å². The van der Waals surface area contributed by atoms with Crippen molar-refractivity contribution in [1.29, 1.82) is 0 Å². The first-order valence-corrected chi connectivity index (χ1v) is 10.0. The average molecular weight is 456 g/mol. The summed E-state index contributed by atoms with van der Waals surface area (Å²) in [5.41, 5.74) is -0.963. The zero-order chi connectivity index (χ0) is 23.0. The van der Waals surface area contributed by atoms with Gasteiger partial charge in [0.2, 0.25) is 0 Å². The lowest BCUT2D eigenvalue weighted by Crippen LogP contribution is -2.32. The van der Waals surface area contributed by atoms with E-state index in [0.29, 0.717) is 28.8 Å². The molecule has 3 rings (SSSR count). The van der Waals surface area contributed by atoms with Gasteiger partial charge in [-0.05, 0) is 48.5 Å². The quantitative estimate of drug-likeness (QED) is 0.590. The van der Waals surface area contributed by atoms with Crippen molar-refractivity contribution in [1.82, 2.24) is 9.29 Å². The van der Waals surface area contributed by atoms with Gasteiger partial charge < -0.3 is 14.4 Å². The molecule has 0 bridgehead atoms. The fraction of sp³-hybridized carbons (Fsp3) is 0.158. The molecular weight excluding hydrogens is 441 g/mol. The van der Waals surface area contributed by atoms with Crippen molar-refractivity contribution in [2.75, 3.05) is 7.11 Å². The summed E-state index contributed by atoms with van der Waals surface area (Å²) in [6.45, 7) is -0.626. The first-order chi connectivity index (χ1) is 14.4. The number of nitrogens with zero attached hydrogens (tertiary/aromatic N) is 1. The van der Waals surface area contributed by atoms with Crippen LogP contribution in [0.2, 0.25) is 0 Å². The van der Waals surface area contributed by atoms with Crippen LogP contribution >= 0.6 is 0 Å². The van der Waals surface area contributed by atoms with Crippen molar-refractivity contribution < 1.29 is 41.0 Å². The number of sulfonamides is 1. The second-order valence-electron chi connectivity index (χ2n) is 6.39. The summed E-state index contributed by atoms with van der Waals surface area (Å²) in [5, 5.41) is 9.60. The number of aliphatic carboxylic acids is 1. The van der Waals surface area contributed by atoms with Crippen LogP contribution < -0.4 is 9.46 Å². The number of nitrogens with one attached hydrogen (secondary N) is 1. The van der Waals surface area contributed by atoms with Gasteiger partial charge >= 0.3 is 12.1 Å². The lowest BCUT2D eigenvalue weighted by molar-refractivity contribution is -0.138. The molecule has 31 heavy (non-hydrogen) atoms. The molecule has 12 heteroatoms. The Morgan fingerprint density at radius 3 is 2.29 bits per heavy atom. The topological polar surface area (TPSA) is 115 Å². The molecule has 3 aromatic rings. The molecule has 1 aromatic heterocycles. The number of alkyl halides is 3. The molecule has 0 aliphatic rings. The molecule has 1 heterocycles. The third-order valence-electron chi connectivity index (χ3n) is 4.35. The number of methoxy groups -OCH3 is 1. The van der Waals surface area contributed by atoms with Crippen molar-refractivity contribution in [3.63, 3.8) is 0 Å². The third-order valence-corrected chi connectivity index (χ3v) is 5.70. The number of aromatic nitrogens is 1. The molecule has 1 amide bonds. The van der Waals surface area contributed by atoms with E-state index in [1.54, 1.807) is 10.8 Å². The Balaban J connectivity index is 1.97.